The number of ether oxygens (including phenoxy) is 1. The maximum Gasteiger partial charge on any atom is 0.329 e. The van der Waals surface area contributed by atoms with Crippen molar-refractivity contribution < 1.29 is 9.53 Å². The van der Waals surface area contributed by atoms with Gasteiger partial charge in [0.05, 0.1) is 12.4 Å². The second-order valence-electron chi connectivity index (χ2n) is 4.88. The van der Waals surface area contributed by atoms with Gasteiger partial charge in [0.25, 0.3) is 5.56 Å². The Morgan fingerprint density at radius 3 is 2.79 bits per heavy atom. The van der Waals surface area contributed by atoms with Crippen molar-refractivity contribution in [2.45, 2.75) is 25.5 Å². The normalized spacial score (nSPS) is 11.9. The Kier molecular flexibility index (Phi) is 5.89. The van der Waals surface area contributed by atoms with Gasteiger partial charge in [0, 0.05) is 18.6 Å². The fourth-order valence-corrected chi connectivity index (χ4v) is 2.91. The molecule has 10 heteroatoms. The summed E-state index contributed by atoms with van der Waals surface area (Å²) in [6.45, 7) is 4.02. The number of thioether (sulfide) groups is 1. The maximum absolute atomic E-state index is 12.2. The lowest BCUT2D eigenvalue weighted by molar-refractivity contribution is -0.139. The summed E-state index contributed by atoms with van der Waals surface area (Å²) in [6.07, 6.45) is 1.71. The number of aromatic amines is 1. The van der Waals surface area contributed by atoms with Crippen molar-refractivity contribution in [1.29, 1.82) is 0 Å². The molecule has 0 aliphatic carbocycles. The first-order valence-corrected chi connectivity index (χ1v) is 8.51. The molecule has 0 saturated carbocycles. The van der Waals surface area contributed by atoms with Gasteiger partial charge in [-0.2, -0.15) is 0 Å². The summed E-state index contributed by atoms with van der Waals surface area (Å²) in [5.41, 5.74) is -0.597. The quantitative estimate of drug-likeness (QED) is 0.604. The Morgan fingerprint density at radius 1 is 1.46 bits per heavy atom. The van der Waals surface area contributed by atoms with Gasteiger partial charge in [-0.25, -0.2) is 9.78 Å². The van der Waals surface area contributed by atoms with E-state index in [1.807, 2.05) is 0 Å². The standard InChI is InChI=1S/C14H17ClN4O4S/c1-4-23-9(20)7-24-14-16-11-10(19(14)6-5-8(2)15)12(21)17-13(22)18(11)3/h5H,4,6-7H2,1-3H3,(H,17,21,22)/b8-5+. The minimum atomic E-state index is -0.553. The number of rotatable bonds is 6. The van der Waals surface area contributed by atoms with Crippen LogP contribution in [0.5, 0.6) is 0 Å². The number of halogens is 1. The van der Waals surface area contributed by atoms with Gasteiger partial charge in [0.1, 0.15) is 0 Å². The molecule has 0 bridgehead atoms. The van der Waals surface area contributed by atoms with Crippen molar-refractivity contribution in [1.82, 2.24) is 19.1 Å². The Bertz CT molecular complexity index is 908. The summed E-state index contributed by atoms with van der Waals surface area (Å²) in [5, 5.41) is 0.985. The van der Waals surface area contributed by atoms with Gasteiger partial charge in [-0.3, -0.25) is 19.1 Å². The number of carbonyl (C=O) groups is 1. The number of imidazole rings is 1. The molecule has 0 aliphatic heterocycles. The highest BCUT2D eigenvalue weighted by molar-refractivity contribution is 7.99. The highest BCUT2D eigenvalue weighted by atomic mass is 35.5. The Hall–Kier alpha value is -2.00. The lowest BCUT2D eigenvalue weighted by atomic mass is 10.4. The molecule has 0 radical (unpaired) electrons. The molecule has 2 aromatic heterocycles. The molecule has 2 rings (SSSR count). The van der Waals surface area contributed by atoms with Crippen LogP contribution in [0.3, 0.4) is 0 Å². The van der Waals surface area contributed by atoms with Crippen LogP contribution in [0.25, 0.3) is 11.2 Å². The fraction of sp³-hybridized carbons (Fsp3) is 0.429. The van der Waals surface area contributed by atoms with Crippen LogP contribution < -0.4 is 11.2 Å². The Balaban J connectivity index is 2.54. The van der Waals surface area contributed by atoms with Crippen molar-refractivity contribution in [3.05, 3.63) is 31.9 Å². The molecule has 0 amide bonds. The van der Waals surface area contributed by atoms with Gasteiger partial charge in [0.15, 0.2) is 16.3 Å². The summed E-state index contributed by atoms with van der Waals surface area (Å²) < 4.78 is 7.75. The summed E-state index contributed by atoms with van der Waals surface area (Å²) in [4.78, 5) is 42.1. The predicted octanol–water partition coefficient (Wildman–Crippen LogP) is 1.22. The van der Waals surface area contributed by atoms with Crippen LogP contribution >= 0.6 is 23.4 Å². The molecule has 0 aliphatic rings. The van der Waals surface area contributed by atoms with Crippen molar-refractivity contribution in [3.63, 3.8) is 0 Å². The smallest absolute Gasteiger partial charge is 0.329 e. The zero-order chi connectivity index (χ0) is 17.9. The highest BCUT2D eigenvalue weighted by Gasteiger charge is 2.18. The van der Waals surface area contributed by atoms with Crippen molar-refractivity contribution in [3.8, 4) is 0 Å². The third-order valence-electron chi connectivity index (χ3n) is 3.15. The van der Waals surface area contributed by atoms with Gasteiger partial charge in [0.2, 0.25) is 0 Å². The van der Waals surface area contributed by atoms with E-state index in [1.165, 1.54) is 11.6 Å². The minimum Gasteiger partial charge on any atom is -0.465 e. The van der Waals surface area contributed by atoms with Crippen LogP contribution in [0.4, 0.5) is 0 Å². The molecule has 1 N–H and O–H groups in total. The number of nitrogens with one attached hydrogen (secondary N) is 1. The second-order valence-corrected chi connectivity index (χ2v) is 6.42. The average Bonchev–Trinajstić information content (AvgIpc) is 2.88. The van der Waals surface area contributed by atoms with Crippen LogP contribution in [-0.4, -0.2) is 37.4 Å². The van der Waals surface area contributed by atoms with E-state index < -0.39 is 11.2 Å². The second kappa shape index (κ2) is 7.71. The molecule has 2 heterocycles. The number of fused-ring (bicyclic) bond motifs is 1. The van der Waals surface area contributed by atoms with E-state index in [2.05, 4.69) is 9.97 Å². The van der Waals surface area contributed by atoms with Crippen LogP contribution in [0.1, 0.15) is 13.8 Å². The third kappa shape index (κ3) is 3.90. The van der Waals surface area contributed by atoms with Crippen molar-refractivity contribution >= 4 is 40.5 Å². The number of hydrogen-bond donors (Lipinski definition) is 1. The molecule has 0 aromatic carbocycles. The molecule has 0 atom stereocenters. The van der Waals surface area contributed by atoms with Crippen LogP contribution in [0.2, 0.25) is 0 Å². The summed E-state index contributed by atoms with van der Waals surface area (Å²) in [7, 11) is 1.51. The number of aryl methyl sites for hydroxylation is 1. The van der Waals surface area contributed by atoms with Crippen molar-refractivity contribution in [2.24, 2.45) is 7.05 Å². The van der Waals surface area contributed by atoms with E-state index in [9.17, 15) is 14.4 Å². The van der Waals surface area contributed by atoms with Gasteiger partial charge in [-0.15, -0.1) is 0 Å². The molecule has 24 heavy (non-hydrogen) atoms. The number of hydrogen-bond acceptors (Lipinski definition) is 6. The number of nitrogens with zero attached hydrogens (tertiary/aromatic N) is 3. The largest absolute Gasteiger partial charge is 0.465 e. The molecular formula is C14H17ClN4O4S. The van der Waals surface area contributed by atoms with E-state index in [-0.39, 0.29) is 36.0 Å². The SMILES string of the molecule is CCOC(=O)CSc1nc2c(c(=O)[nH]c(=O)n2C)n1C/C=C(\C)Cl. The first-order chi connectivity index (χ1) is 11.3. The predicted molar refractivity (Wildman–Crippen MR) is 92.6 cm³/mol. The highest BCUT2D eigenvalue weighted by Crippen LogP contribution is 2.22. The van der Waals surface area contributed by atoms with Crippen LogP contribution in [-0.2, 0) is 23.1 Å². The summed E-state index contributed by atoms with van der Waals surface area (Å²) in [6, 6.07) is 0. The zero-order valence-electron chi connectivity index (χ0n) is 13.5. The van der Waals surface area contributed by atoms with Gasteiger partial charge in [-0.05, 0) is 13.8 Å². The number of esters is 1. The van der Waals surface area contributed by atoms with Gasteiger partial charge < -0.3 is 9.30 Å². The van der Waals surface area contributed by atoms with Crippen LogP contribution in [0.15, 0.2) is 25.9 Å². The third-order valence-corrected chi connectivity index (χ3v) is 4.26. The molecule has 0 fully saturated rings. The van der Waals surface area contributed by atoms with E-state index in [4.69, 9.17) is 16.3 Å². The first kappa shape index (κ1) is 18.3. The molecular weight excluding hydrogens is 356 g/mol. The number of aromatic nitrogens is 4. The van der Waals surface area contributed by atoms with E-state index in [0.29, 0.717) is 10.2 Å². The molecule has 8 nitrogen and oxygen atoms in total. The monoisotopic (exact) mass is 372 g/mol. The molecule has 0 spiro atoms. The van der Waals surface area contributed by atoms with E-state index in [1.54, 1.807) is 24.5 Å². The Morgan fingerprint density at radius 2 is 2.17 bits per heavy atom. The summed E-state index contributed by atoms with van der Waals surface area (Å²) >= 11 is 7.00. The summed E-state index contributed by atoms with van der Waals surface area (Å²) in [5.74, 6) is -0.333. The first-order valence-electron chi connectivity index (χ1n) is 7.15. The van der Waals surface area contributed by atoms with E-state index >= 15 is 0 Å². The minimum absolute atomic E-state index is 0.0482. The fourth-order valence-electron chi connectivity index (χ4n) is 2.04. The topological polar surface area (TPSA) is 99.0 Å². The zero-order valence-corrected chi connectivity index (χ0v) is 15.0. The molecule has 0 unspecified atom stereocenters. The number of H-pyrrole nitrogens is 1. The lowest BCUT2D eigenvalue weighted by Crippen LogP contribution is -2.29. The molecule has 2 aromatic rings. The number of allylic oxidation sites excluding steroid dienone is 2. The Labute approximate surface area is 146 Å². The van der Waals surface area contributed by atoms with Gasteiger partial charge in [-0.1, -0.05) is 29.4 Å². The maximum atomic E-state index is 12.2. The molecule has 130 valence electrons. The van der Waals surface area contributed by atoms with E-state index in [0.717, 1.165) is 11.8 Å². The molecule has 0 saturated heterocycles. The van der Waals surface area contributed by atoms with Gasteiger partial charge >= 0.3 is 11.7 Å². The van der Waals surface area contributed by atoms with Crippen LogP contribution in [0, 0.1) is 0 Å². The number of carbonyl (C=O) groups excluding carboxylic acids is 1. The lowest BCUT2D eigenvalue weighted by Gasteiger charge is -2.06. The van der Waals surface area contributed by atoms with Crippen molar-refractivity contribution in [2.75, 3.05) is 12.4 Å². The average molecular weight is 373 g/mol.